The Kier molecular flexibility index (Phi) is 7.51. The molecule has 0 unspecified atom stereocenters. The third-order valence-electron chi connectivity index (χ3n) is 4.78. The zero-order chi connectivity index (χ0) is 19.1. The van der Waals surface area contributed by atoms with Gasteiger partial charge in [0.15, 0.2) is 0 Å². The number of carbonyl (C=O) groups is 1. The fourth-order valence-corrected chi connectivity index (χ4v) is 3.14. The monoisotopic (exact) mass is 362 g/mol. The minimum absolute atomic E-state index is 0.222. The predicted molar refractivity (Wildman–Crippen MR) is 102 cm³/mol. The summed E-state index contributed by atoms with van der Waals surface area (Å²) >= 11 is 0. The molecule has 144 valence electrons. The van der Waals surface area contributed by atoms with Gasteiger partial charge in [-0.1, -0.05) is 19.1 Å². The minimum Gasteiger partial charge on any atom is -0.497 e. The summed E-state index contributed by atoms with van der Waals surface area (Å²) in [6.07, 6.45) is 7.39. The van der Waals surface area contributed by atoms with Gasteiger partial charge in [-0.15, -0.1) is 0 Å². The summed E-state index contributed by atoms with van der Waals surface area (Å²) in [6, 6.07) is 3.51. The van der Waals surface area contributed by atoms with E-state index >= 15 is 0 Å². The van der Waals surface area contributed by atoms with Gasteiger partial charge in [0, 0.05) is 6.07 Å². The van der Waals surface area contributed by atoms with Crippen molar-refractivity contribution in [3.8, 4) is 11.5 Å². The van der Waals surface area contributed by atoms with Gasteiger partial charge in [-0.3, -0.25) is 0 Å². The number of rotatable bonds is 2. The van der Waals surface area contributed by atoms with Crippen LogP contribution in [0.3, 0.4) is 0 Å². The first kappa shape index (κ1) is 20.3. The fourth-order valence-electron chi connectivity index (χ4n) is 3.14. The summed E-state index contributed by atoms with van der Waals surface area (Å²) in [7, 11) is 3.11. The molecule has 1 aliphatic heterocycles. The van der Waals surface area contributed by atoms with Crippen LogP contribution in [0.4, 0.5) is 0 Å². The normalized spacial score (nSPS) is 26.2. The Morgan fingerprint density at radius 2 is 1.85 bits per heavy atom. The Morgan fingerprint density at radius 1 is 1.08 bits per heavy atom. The van der Waals surface area contributed by atoms with E-state index in [1.54, 1.807) is 13.2 Å². The summed E-state index contributed by atoms with van der Waals surface area (Å²) in [6.45, 7) is 3.98. The van der Waals surface area contributed by atoms with Crippen molar-refractivity contribution >= 4 is 12.0 Å². The Morgan fingerprint density at radius 3 is 2.54 bits per heavy atom. The van der Waals surface area contributed by atoms with Gasteiger partial charge in [-0.25, -0.2) is 4.79 Å². The molecule has 1 aromatic rings. The van der Waals surface area contributed by atoms with Crippen LogP contribution in [-0.2, 0) is 4.74 Å². The van der Waals surface area contributed by atoms with Crippen LogP contribution >= 0.6 is 0 Å². The van der Waals surface area contributed by atoms with E-state index in [0.29, 0.717) is 22.6 Å². The molecule has 0 saturated carbocycles. The maximum atomic E-state index is 12.8. The summed E-state index contributed by atoms with van der Waals surface area (Å²) in [5.74, 6) is 0.946. The van der Waals surface area contributed by atoms with Crippen LogP contribution in [0.5, 0.6) is 11.5 Å². The molecule has 0 bridgehead atoms. The number of benzene rings is 1. The number of carbonyl (C=O) groups excluding carboxylic acids is 1. The number of hydrogen-bond donors (Lipinski definition) is 1. The second-order valence-electron chi connectivity index (χ2n) is 7.01. The van der Waals surface area contributed by atoms with E-state index in [-0.39, 0.29) is 18.1 Å². The van der Waals surface area contributed by atoms with Crippen molar-refractivity contribution in [2.75, 3.05) is 14.2 Å². The van der Waals surface area contributed by atoms with Crippen LogP contribution in [-0.4, -0.2) is 37.5 Å². The fraction of sp³-hybridized carbons (Fsp3) is 0.571. The number of aliphatic hydroxyl groups excluding tert-OH is 1. The highest BCUT2D eigenvalue weighted by Gasteiger charge is 2.22. The largest absolute Gasteiger partial charge is 0.497 e. The number of ether oxygens (including phenoxy) is 3. The average Bonchev–Trinajstić information content (AvgIpc) is 2.62. The highest BCUT2D eigenvalue weighted by atomic mass is 16.5. The highest BCUT2D eigenvalue weighted by molar-refractivity contribution is 5.97. The molecule has 0 radical (unpaired) electrons. The predicted octanol–water partition coefficient (Wildman–Crippen LogP) is 4.22. The molecule has 3 atom stereocenters. The van der Waals surface area contributed by atoms with Crippen molar-refractivity contribution in [1.29, 1.82) is 0 Å². The van der Waals surface area contributed by atoms with Crippen molar-refractivity contribution in [2.24, 2.45) is 5.92 Å². The lowest BCUT2D eigenvalue weighted by atomic mass is 9.97. The lowest BCUT2D eigenvalue weighted by Gasteiger charge is -2.19. The number of allylic oxidation sites excluding steroid dienone is 1. The van der Waals surface area contributed by atoms with E-state index < -0.39 is 5.97 Å². The van der Waals surface area contributed by atoms with E-state index in [9.17, 15) is 9.90 Å². The van der Waals surface area contributed by atoms with E-state index in [2.05, 4.69) is 6.92 Å². The number of methoxy groups -OCH3 is 2. The molecule has 0 aliphatic carbocycles. The molecule has 2 rings (SSSR count). The topological polar surface area (TPSA) is 65.0 Å². The molecular weight excluding hydrogens is 332 g/mol. The second kappa shape index (κ2) is 9.62. The van der Waals surface area contributed by atoms with Crippen LogP contribution < -0.4 is 9.47 Å². The first-order chi connectivity index (χ1) is 12.4. The van der Waals surface area contributed by atoms with E-state index in [1.807, 2.05) is 25.1 Å². The molecule has 1 aromatic carbocycles. The van der Waals surface area contributed by atoms with Crippen LogP contribution in [0.25, 0.3) is 6.08 Å². The van der Waals surface area contributed by atoms with Gasteiger partial charge in [0.05, 0.1) is 26.4 Å². The number of fused-ring (bicyclic) bond motifs is 1. The van der Waals surface area contributed by atoms with Gasteiger partial charge in [0.25, 0.3) is 0 Å². The Balaban J connectivity index is 2.43. The molecule has 0 amide bonds. The highest BCUT2D eigenvalue weighted by Crippen LogP contribution is 2.31. The lowest BCUT2D eigenvalue weighted by Crippen LogP contribution is -2.18. The van der Waals surface area contributed by atoms with E-state index in [1.165, 1.54) is 7.11 Å². The van der Waals surface area contributed by atoms with Gasteiger partial charge < -0.3 is 19.3 Å². The smallest absolute Gasteiger partial charge is 0.342 e. The SMILES string of the molecule is COc1cc2c(c(OC)c1)C(=O)O[C@@H](C)CCC[C@@H](O)CC[C@H](C)/C=C/2. The lowest BCUT2D eigenvalue weighted by molar-refractivity contribution is 0.0306. The summed E-state index contributed by atoms with van der Waals surface area (Å²) in [5.41, 5.74) is 1.13. The first-order valence-corrected chi connectivity index (χ1v) is 9.27. The quantitative estimate of drug-likeness (QED) is 0.798. The van der Waals surface area contributed by atoms with Gasteiger partial charge in [-0.2, -0.15) is 0 Å². The molecule has 0 fully saturated rings. The summed E-state index contributed by atoms with van der Waals surface area (Å²) in [5, 5.41) is 10.1. The van der Waals surface area contributed by atoms with Crippen LogP contribution in [0.15, 0.2) is 18.2 Å². The third kappa shape index (κ3) is 5.49. The van der Waals surface area contributed by atoms with Crippen LogP contribution in [0.2, 0.25) is 0 Å². The number of esters is 1. The summed E-state index contributed by atoms with van der Waals surface area (Å²) in [4.78, 5) is 12.8. The minimum atomic E-state index is -0.401. The standard InChI is InChI=1S/C21H30O5/c1-14-8-10-16-12-18(24-3)13-19(25-4)20(16)21(23)26-15(2)6-5-7-17(22)11-9-14/h8,10,12-15,17,22H,5-7,9,11H2,1-4H3/b10-8+/t14-,15+,17-/m1/s1. The number of aliphatic hydroxyl groups is 1. The van der Waals surface area contributed by atoms with Gasteiger partial charge in [0.1, 0.15) is 17.1 Å². The van der Waals surface area contributed by atoms with Gasteiger partial charge in [0.2, 0.25) is 0 Å². The molecule has 26 heavy (non-hydrogen) atoms. The van der Waals surface area contributed by atoms with E-state index in [4.69, 9.17) is 14.2 Å². The second-order valence-corrected chi connectivity index (χ2v) is 7.01. The zero-order valence-electron chi connectivity index (χ0n) is 16.2. The molecule has 0 aromatic heterocycles. The Hall–Kier alpha value is -2.01. The maximum absolute atomic E-state index is 12.8. The average molecular weight is 362 g/mol. The molecule has 5 heteroatoms. The number of hydrogen-bond acceptors (Lipinski definition) is 5. The van der Waals surface area contributed by atoms with Crippen molar-refractivity contribution in [3.05, 3.63) is 29.3 Å². The molecule has 0 saturated heterocycles. The van der Waals surface area contributed by atoms with Crippen LogP contribution in [0, 0.1) is 5.92 Å². The Labute approximate surface area is 156 Å². The molecule has 1 aliphatic rings. The Bertz CT molecular complexity index is 638. The molecule has 5 nitrogen and oxygen atoms in total. The van der Waals surface area contributed by atoms with Crippen LogP contribution in [0.1, 0.15) is 61.9 Å². The number of cyclic esters (lactones) is 1. The van der Waals surface area contributed by atoms with Crippen molar-refractivity contribution in [2.45, 2.75) is 58.2 Å². The first-order valence-electron chi connectivity index (χ1n) is 9.27. The molecular formula is C21H30O5. The van der Waals surface area contributed by atoms with Crippen molar-refractivity contribution in [1.82, 2.24) is 0 Å². The summed E-state index contributed by atoms with van der Waals surface area (Å²) < 4.78 is 16.4. The zero-order valence-corrected chi connectivity index (χ0v) is 16.2. The van der Waals surface area contributed by atoms with Gasteiger partial charge in [-0.05, 0) is 56.6 Å². The maximum Gasteiger partial charge on any atom is 0.342 e. The molecule has 1 heterocycles. The van der Waals surface area contributed by atoms with Gasteiger partial charge >= 0.3 is 5.97 Å². The van der Waals surface area contributed by atoms with E-state index in [0.717, 1.165) is 32.1 Å². The molecule has 0 spiro atoms. The molecule has 1 N–H and O–H groups in total. The third-order valence-corrected chi connectivity index (χ3v) is 4.78. The van der Waals surface area contributed by atoms with Crippen molar-refractivity contribution < 1.29 is 24.1 Å². The van der Waals surface area contributed by atoms with Crippen molar-refractivity contribution in [3.63, 3.8) is 0 Å².